The molecule has 0 radical (unpaired) electrons. The van der Waals surface area contributed by atoms with Crippen molar-refractivity contribution in [3.63, 3.8) is 0 Å². The van der Waals surface area contributed by atoms with Crippen molar-refractivity contribution in [2.24, 2.45) is 0 Å². The van der Waals surface area contributed by atoms with Crippen LogP contribution in [0.2, 0.25) is 0 Å². The summed E-state index contributed by atoms with van der Waals surface area (Å²) >= 11 is 1.38. The number of carboxylic acid groups (broad SMARTS) is 1. The lowest BCUT2D eigenvalue weighted by Gasteiger charge is -2.06. The number of hydrogen-bond donors (Lipinski definition) is 3. The van der Waals surface area contributed by atoms with E-state index in [1.165, 1.54) is 29.5 Å². The molecule has 1 aromatic heterocycles. The number of phenolic OH excluding ortho intramolecular Hbond substituents is 1. The predicted octanol–water partition coefficient (Wildman–Crippen LogP) is 3.45. The van der Waals surface area contributed by atoms with E-state index in [1.807, 2.05) is 18.2 Å². The topological polar surface area (TPSA) is 91.7 Å². The van der Waals surface area contributed by atoms with Crippen LogP contribution in [-0.4, -0.2) is 28.3 Å². The van der Waals surface area contributed by atoms with Gasteiger partial charge >= 0.3 is 5.97 Å². The average Bonchev–Trinajstić information content (AvgIpc) is 2.90. The highest BCUT2D eigenvalue weighted by atomic mass is 32.1. The van der Waals surface area contributed by atoms with Crippen molar-refractivity contribution in [3.05, 3.63) is 42.0 Å². The Morgan fingerprint density at radius 2 is 2.09 bits per heavy atom. The van der Waals surface area contributed by atoms with E-state index in [0.29, 0.717) is 10.8 Å². The molecular formula is C15H12N2O4S. The molecule has 0 amide bonds. The zero-order valence-corrected chi connectivity index (χ0v) is 12.3. The fourth-order valence-electron chi connectivity index (χ4n) is 1.97. The van der Waals surface area contributed by atoms with Gasteiger partial charge in [0, 0.05) is 0 Å². The summed E-state index contributed by atoms with van der Waals surface area (Å²) in [5.41, 5.74) is 1.18. The Labute approximate surface area is 129 Å². The minimum atomic E-state index is -1.06. The quantitative estimate of drug-likeness (QED) is 0.639. The van der Waals surface area contributed by atoms with Gasteiger partial charge in [-0.25, -0.2) is 9.78 Å². The first-order valence-corrected chi connectivity index (χ1v) is 7.16. The van der Waals surface area contributed by atoms with Gasteiger partial charge in [-0.3, -0.25) is 0 Å². The number of carboxylic acids is 1. The molecule has 0 saturated heterocycles. The third-order valence-corrected chi connectivity index (χ3v) is 4.01. The van der Waals surface area contributed by atoms with E-state index in [-0.39, 0.29) is 11.3 Å². The van der Waals surface area contributed by atoms with Gasteiger partial charge in [0.25, 0.3) is 0 Å². The predicted molar refractivity (Wildman–Crippen MR) is 84.5 cm³/mol. The van der Waals surface area contributed by atoms with Gasteiger partial charge < -0.3 is 20.3 Å². The molecule has 0 unspecified atom stereocenters. The number of carbonyl (C=O) groups is 1. The highest BCUT2D eigenvalue weighted by Gasteiger charge is 2.11. The summed E-state index contributed by atoms with van der Waals surface area (Å²) in [5, 5.41) is 22.3. The number of benzene rings is 2. The van der Waals surface area contributed by atoms with E-state index < -0.39 is 5.97 Å². The molecule has 0 spiro atoms. The van der Waals surface area contributed by atoms with Crippen molar-refractivity contribution in [3.8, 4) is 11.5 Å². The van der Waals surface area contributed by atoms with E-state index >= 15 is 0 Å². The molecular weight excluding hydrogens is 304 g/mol. The first kappa shape index (κ1) is 14.2. The first-order chi connectivity index (χ1) is 10.6. The van der Waals surface area contributed by atoms with Crippen LogP contribution in [0.3, 0.4) is 0 Å². The van der Waals surface area contributed by atoms with Crippen molar-refractivity contribution in [2.45, 2.75) is 0 Å². The lowest BCUT2D eigenvalue weighted by atomic mass is 10.2. The monoisotopic (exact) mass is 316 g/mol. The fraction of sp³-hybridized carbons (Fsp3) is 0.0667. The molecule has 3 rings (SSSR count). The van der Waals surface area contributed by atoms with Crippen LogP contribution in [0.15, 0.2) is 36.4 Å². The minimum Gasteiger partial charge on any atom is -0.506 e. The molecule has 0 fully saturated rings. The van der Waals surface area contributed by atoms with Crippen LogP contribution in [0.25, 0.3) is 10.2 Å². The first-order valence-electron chi connectivity index (χ1n) is 6.35. The Bertz CT molecular complexity index is 860. The Morgan fingerprint density at radius 3 is 2.82 bits per heavy atom. The lowest BCUT2D eigenvalue weighted by molar-refractivity contribution is 0.0697. The van der Waals surface area contributed by atoms with Gasteiger partial charge in [-0.2, -0.15) is 0 Å². The van der Waals surface area contributed by atoms with Crippen molar-refractivity contribution < 1.29 is 19.7 Å². The molecule has 0 aliphatic rings. The van der Waals surface area contributed by atoms with Crippen LogP contribution >= 0.6 is 11.3 Å². The Balaban J connectivity index is 1.96. The number of fused-ring (bicyclic) bond motifs is 1. The smallest absolute Gasteiger partial charge is 0.335 e. The molecule has 0 bridgehead atoms. The molecule has 0 atom stereocenters. The van der Waals surface area contributed by atoms with Crippen molar-refractivity contribution in [1.29, 1.82) is 0 Å². The van der Waals surface area contributed by atoms with Crippen LogP contribution in [0.5, 0.6) is 11.5 Å². The maximum Gasteiger partial charge on any atom is 0.335 e. The second-order valence-corrected chi connectivity index (χ2v) is 5.55. The third kappa shape index (κ3) is 2.66. The Morgan fingerprint density at radius 1 is 1.27 bits per heavy atom. The maximum absolute atomic E-state index is 11.0. The average molecular weight is 316 g/mol. The third-order valence-electron chi connectivity index (χ3n) is 3.08. The molecule has 0 aliphatic heterocycles. The summed E-state index contributed by atoms with van der Waals surface area (Å²) in [6.45, 7) is 0. The standard InChI is InChI=1S/C15H12N2O4S/c1-21-9-3-4-10-13(7-9)22-15(16-10)17-11-6-8(14(19)20)2-5-12(11)18/h2-7,18H,1H3,(H,16,17)(H,19,20). The number of phenols is 1. The molecule has 22 heavy (non-hydrogen) atoms. The van der Waals surface area contributed by atoms with Gasteiger partial charge in [0.2, 0.25) is 0 Å². The van der Waals surface area contributed by atoms with Crippen LogP contribution in [-0.2, 0) is 0 Å². The van der Waals surface area contributed by atoms with Crippen molar-refractivity contribution in [2.75, 3.05) is 12.4 Å². The number of nitrogens with zero attached hydrogens (tertiary/aromatic N) is 1. The second kappa shape index (κ2) is 5.53. The number of aromatic nitrogens is 1. The summed E-state index contributed by atoms with van der Waals surface area (Å²) in [6.07, 6.45) is 0. The van der Waals surface area contributed by atoms with E-state index in [1.54, 1.807) is 7.11 Å². The molecule has 112 valence electrons. The fourth-order valence-corrected chi connectivity index (χ4v) is 2.88. The number of rotatable bonds is 4. The molecule has 0 saturated carbocycles. The number of anilines is 2. The molecule has 0 aliphatic carbocycles. The summed E-state index contributed by atoms with van der Waals surface area (Å²) in [7, 11) is 1.59. The van der Waals surface area contributed by atoms with Crippen molar-refractivity contribution in [1.82, 2.24) is 4.98 Å². The zero-order valence-electron chi connectivity index (χ0n) is 11.5. The van der Waals surface area contributed by atoms with E-state index in [0.717, 1.165) is 16.0 Å². The van der Waals surface area contributed by atoms with E-state index in [4.69, 9.17) is 9.84 Å². The van der Waals surface area contributed by atoms with Gasteiger partial charge in [-0.15, -0.1) is 0 Å². The van der Waals surface area contributed by atoms with Crippen molar-refractivity contribution >= 4 is 38.3 Å². The number of thiazole rings is 1. The Kier molecular flexibility index (Phi) is 3.56. The Hall–Kier alpha value is -2.80. The summed E-state index contributed by atoms with van der Waals surface area (Å²) in [6, 6.07) is 9.56. The van der Waals surface area contributed by atoms with Gasteiger partial charge in [-0.1, -0.05) is 11.3 Å². The highest BCUT2D eigenvalue weighted by Crippen LogP contribution is 2.33. The number of methoxy groups -OCH3 is 1. The zero-order chi connectivity index (χ0) is 15.7. The lowest BCUT2D eigenvalue weighted by Crippen LogP contribution is -1.98. The summed E-state index contributed by atoms with van der Waals surface area (Å²) < 4.78 is 6.09. The second-order valence-electron chi connectivity index (χ2n) is 4.51. The largest absolute Gasteiger partial charge is 0.506 e. The summed E-state index contributed by atoms with van der Waals surface area (Å²) in [5.74, 6) is -0.364. The van der Waals surface area contributed by atoms with Gasteiger partial charge in [0.15, 0.2) is 5.13 Å². The molecule has 3 N–H and O–H groups in total. The van der Waals surface area contributed by atoms with Crippen LogP contribution in [0.1, 0.15) is 10.4 Å². The van der Waals surface area contributed by atoms with Crippen LogP contribution in [0, 0.1) is 0 Å². The molecule has 2 aromatic carbocycles. The SMILES string of the molecule is COc1ccc2nc(Nc3cc(C(=O)O)ccc3O)sc2c1. The number of nitrogens with one attached hydrogen (secondary N) is 1. The molecule has 3 aromatic rings. The molecule has 7 heteroatoms. The van der Waals surface area contributed by atoms with Gasteiger partial charge in [0.1, 0.15) is 11.5 Å². The number of hydrogen-bond acceptors (Lipinski definition) is 6. The van der Waals surface area contributed by atoms with E-state index in [9.17, 15) is 9.90 Å². The summed E-state index contributed by atoms with van der Waals surface area (Å²) in [4.78, 5) is 15.4. The normalized spacial score (nSPS) is 10.6. The van der Waals surface area contributed by atoms with Crippen LogP contribution < -0.4 is 10.1 Å². The molecule has 6 nitrogen and oxygen atoms in total. The highest BCUT2D eigenvalue weighted by molar-refractivity contribution is 7.22. The number of aromatic hydroxyl groups is 1. The van der Waals surface area contributed by atoms with Gasteiger partial charge in [0.05, 0.1) is 28.6 Å². The van der Waals surface area contributed by atoms with Crippen LogP contribution in [0.4, 0.5) is 10.8 Å². The maximum atomic E-state index is 11.0. The number of aromatic carboxylic acids is 1. The van der Waals surface area contributed by atoms with Gasteiger partial charge in [-0.05, 0) is 36.4 Å². The number of ether oxygens (including phenoxy) is 1. The minimum absolute atomic E-state index is 0.0400. The molecule has 1 heterocycles. The van der Waals surface area contributed by atoms with E-state index in [2.05, 4.69) is 10.3 Å².